The summed E-state index contributed by atoms with van der Waals surface area (Å²) in [5, 5.41) is 4.62. The van der Waals surface area contributed by atoms with Crippen molar-refractivity contribution in [3.63, 3.8) is 0 Å². The topological polar surface area (TPSA) is 80.3 Å². The summed E-state index contributed by atoms with van der Waals surface area (Å²) in [4.78, 5) is 46.5. The Hall–Kier alpha value is -1.18. The van der Waals surface area contributed by atoms with E-state index in [4.69, 9.17) is 19.6 Å². The van der Waals surface area contributed by atoms with E-state index in [-0.39, 0.29) is 5.92 Å². The molecule has 0 aromatic carbocycles. The molecule has 0 bridgehead atoms. The van der Waals surface area contributed by atoms with Gasteiger partial charge < -0.3 is 0 Å². The molecule has 2 unspecified atom stereocenters. The largest absolute Gasteiger partial charge is 0.381 e. The van der Waals surface area contributed by atoms with E-state index in [1.807, 2.05) is 34.6 Å². The number of rotatable bonds is 16. The second-order valence-electron chi connectivity index (χ2n) is 9.65. The lowest BCUT2D eigenvalue weighted by Crippen LogP contribution is -2.46. The molecule has 0 amide bonds. The van der Waals surface area contributed by atoms with Crippen LogP contribution in [0.1, 0.15) is 125 Å². The third-order valence-electron chi connectivity index (χ3n) is 6.84. The van der Waals surface area contributed by atoms with Gasteiger partial charge in [-0.3, -0.25) is 9.78 Å². The standard InChI is InChI=1S/C25H46O7/c1-7-11-16-20(9-3)22(26)28-32-29-23(27)25(10-4,19-12-8-2)31-30-24(5,6)21-17-14-13-15-18-21/h20-21H,7-19H2,1-6H3. The summed E-state index contributed by atoms with van der Waals surface area (Å²) in [6.45, 7) is 11.9. The van der Waals surface area contributed by atoms with Gasteiger partial charge in [-0.1, -0.05) is 72.6 Å². The maximum absolute atomic E-state index is 12.9. The van der Waals surface area contributed by atoms with Gasteiger partial charge in [0.25, 0.3) is 0 Å². The second kappa shape index (κ2) is 14.9. The van der Waals surface area contributed by atoms with E-state index in [0.29, 0.717) is 31.6 Å². The predicted molar refractivity (Wildman–Crippen MR) is 122 cm³/mol. The molecule has 0 heterocycles. The average Bonchev–Trinajstić information content (AvgIpc) is 2.80. The van der Waals surface area contributed by atoms with E-state index in [2.05, 4.69) is 12.0 Å². The molecule has 2 atom stereocenters. The predicted octanol–water partition coefficient (Wildman–Crippen LogP) is 6.78. The quantitative estimate of drug-likeness (QED) is 0.186. The summed E-state index contributed by atoms with van der Waals surface area (Å²) in [5.74, 6) is -1.18. The van der Waals surface area contributed by atoms with E-state index in [9.17, 15) is 9.59 Å². The molecule has 0 saturated heterocycles. The Morgan fingerprint density at radius 3 is 2.12 bits per heavy atom. The summed E-state index contributed by atoms with van der Waals surface area (Å²) in [6.07, 6.45) is 11.5. The van der Waals surface area contributed by atoms with Crippen LogP contribution in [-0.4, -0.2) is 23.1 Å². The van der Waals surface area contributed by atoms with Crippen molar-refractivity contribution < 1.29 is 34.2 Å². The van der Waals surface area contributed by atoms with Gasteiger partial charge >= 0.3 is 11.9 Å². The first-order valence-corrected chi connectivity index (χ1v) is 12.7. The zero-order valence-electron chi connectivity index (χ0n) is 21.2. The molecule has 1 rings (SSSR count). The summed E-state index contributed by atoms with van der Waals surface area (Å²) in [7, 11) is 0. The Morgan fingerprint density at radius 2 is 1.56 bits per heavy atom. The van der Waals surface area contributed by atoms with E-state index < -0.39 is 23.1 Å². The van der Waals surface area contributed by atoms with Crippen LogP contribution in [0.2, 0.25) is 0 Å². The molecule has 1 fully saturated rings. The molecule has 0 spiro atoms. The number of hydrogen-bond acceptors (Lipinski definition) is 7. The first-order chi connectivity index (χ1) is 15.3. The highest BCUT2D eigenvalue weighted by molar-refractivity contribution is 5.79. The lowest BCUT2D eigenvalue weighted by molar-refractivity contribution is -0.475. The highest BCUT2D eigenvalue weighted by Gasteiger charge is 2.45. The fraction of sp³-hybridized carbons (Fsp3) is 0.920. The van der Waals surface area contributed by atoms with Crippen LogP contribution in [0.25, 0.3) is 0 Å². The number of carbonyl (C=O) groups excluding carboxylic acids is 2. The second-order valence-corrected chi connectivity index (χ2v) is 9.65. The molecular weight excluding hydrogens is 412 g/mol. The first-order valence-electron chi connectivity index (χ1n) is 12.7. The lowest BCUT2D eigenvalue weighted by Gasteiger charge is -2.38. The van der Waals surface area contributed by atoms with E-state index in [1.54, 1.807) is 0 Å². The van der Waals surface area contributed by atoms with Crippen LogP contribution < -0.4 is 0 Å². The molecule has 1 saturated carbocycles. The van der Waals surface area contributed by atoms with Crippen LogP contribution in [0.3, 0.4) is 0 Å². The molecule has 32 heavy (non-hydrogen) atoms. The number of unbranched alkanes of at least 4 members (excludes halogenated alkanes) is 2. The minimum atomic E-state index is -1.32. The van der Waals surface area contributed by atoms with Crippen LogP contribution in [0.5, 0.6) is 0 Å². The highest BCUT2D eigenvalue weighted by Crippen LogP contribution is 2.37. The molecule has 0 aromatic heterocycles. The average molecular weight is 459 g/mol. The van der Waals surface area contributed by atoms with E-state index >= 15 is 0 Å². The van der Waals surface area contributed by atoms with Crippen molar-refractivity contribution in [2.24, 2.45) is 11.8 Å². The highest BCUT2D eigenvalue weighted by atomic mass is 17.5. The molecule has 1 aliphatic rings. The Morgan fingerprint density at radius 1 is 0.906 bits per heavy atom. The summed E-state index contributed by atoms with van der Waals surface area (Å²) in [6, 6.07) is 0. The van der Waals surface area contributed by atoms with Gasteiger partial charge in [0, 0.05) is 5.04 Å². The van der Waals surface area contributed by atoms with Crippen molar-refractivity contribution in [1.29, 1.82) is 0 Å². The maximum Gasteiger partial charge on any atom is 0.381 e. The van der Waals surface area contributed by atoms with Crippen LogP contribution in [0.15, 0.2) is 0 Å². The van der Waals surface area contributed by atoms with E-state index in [1.165, 1.54) is 19.3 Å². The molecule has 7 nitrogen and oxygen atoms in total. The molecule has 188 valence electrons. The van der Waals surface area contributed by atoms with Crippen molar-refractivity contribution in [1.82, 2.24) is 0 Å². The van der Waals surface area contributed by atoms with Gasteiger partial charge in [-0.2, -0.15) is 0 Å². The van der Waals surface area contributed by atoms with Crippen LogP contribution in [-0.2, 0) is 34.2 Å². The van der Waals surface area contributed by atoms with Gasteiger partial charge in [0.2, 0.25) is 5.60 Å². The fourth-order valence-corrected chi connectivity index (χ4v) is 4.24. The number of hydrogen-bond donors (Lipinski definition) is 0. The molecule has 0 radical (unpaired) electrons. The molecule has 7 heteroatoms. The zero-order valence-corrected chi connectivity index (χ0v) is 21.2. The van der Waals surface area contributed by atoms with Crippen molar-refractivity contribution in [2.75, 3.05) is 0 Å². The summed E-state index contributed by atoms with van der Waals surface area (Å²) in [5.41, 5.74) is -1.84. The zero-order chi connectivity index (χ0) is 24.0. The number of carbonyl (C=O) groups is 2. The third-order valence-corrected chi connectivity index (χ3v) is 6.84. The monoisotopic (exact) mass is 458 g/mol. The van der Waals surface area contributed by atoms with Crippen LogP contribution in [0.4, 0.5) is 0 Å². The molecule has 1 aliphatic carbocycles. The Balaban J connectivity index is 2.72. The van der Waals surface area contributed by atoms with Gasteiger partial charge in [-0.15, -0.1) is 0 Å². The van der Waals surface area contributed by atoms with Crippen molar-refractivity contribution >= 4 is 11.9 Å². The van der Waals surface area contributed by atoms with Gasteiger partial charge in [-0.25, -0.2) is 19.4 Å². The smallest absolute Gasteiger partial charge is 0.259 e. The third kappa shape index (κ3) is 8.99. The normalized spacial score (nSPS) is 18.1. The molecule has 0 N–H and O–H groups in total. The minimum Gasteiger partial charge on any atom is -0.259 e. The van der Waals surface area contributed by atoms with Gasteiger partial charge in [0.15, 0.2) is 0 Å². The molecular formula is C25H46O7. The van der Waals surface area contributed by atoms with Gasteiger partial charge in [0.05, 0.1) is 5.92 Å². The van der Waals surface area contributed by atoms with Crippen LogP contribution >= 0.6 is 0 Å². The summed E-state index contributed by atoms with van der Waals surface area (Å²) < 4.78 is 0. The molecule has 0 aromatic rings. The summed E-state index contributed by atoms with van der Waals surface area (Å²) >= 11 is 0. The van der Waals surface area contributed by atoms with Crippen molar-refractivity contribution in [3.8, 4) is 0 Å². The maximum atomic E-state index is 12.9. The Bertz CT molecular complexity index is 542. The van der Waals surface area contributed by atoms with Gasteiger partial charge in [0.1, 0.15) is 5.60 Å². The van der Waals surface area contributed by atoms with Gasteiger partial charge in [-0.05, 0) is 58.3 Å². The fourth-order valence-electron chi connectivity index (χ4n) is 4.24. The SMILES string of the molecule is CCCCC(CC)C(=O)OOOC(=O)C(CC)(CCCC)OOC(C)(C)C1CCCCC1. The minimum absolute atomic E-state index is 0.277. The van der Waals surface area contributed by atoms with E-state index in [0.717, 1.165) is 38.5 Å². The first kappa shape index (κ1) is 28.9. The Labute approximate surface area is 194 Å². The van der Waals surface area contributed by atoms with Crippen molar-refractivity contribution in [3.05, 3.63) is 0 Å². The van der Waals surface area contributed by atoms with Crippen LogP contribution in [0, 0.1) is 11.8 Å². The Kier molecular flexibility index (Phi) is 13.4. The molecule has 0 aliphatic heterocycles. The lowest BCUT2D eigenvalue weighted by atomic mass is 9.79. The van der Waals surface area contributed by atoms with Crippen molar-refractivity contribution in [2.45, 2.75) is 136 Å².